The van der Waals surface area contributed by atoms with Crippen molar-refractivity contribution in [2.24, 2.45) is 0 Å². The Morgan fingerprint density at radius 3 is 2.70 bits per heavy atom. The van der Waals surface area contributed by atoms with Crippen molar-refractivity contribution in [3.05, 3.63) is 88.5 Å². The van der Waals surface area contributed by atoms with Crippen LogP contribution in [0, 0.1) is 5.82 Å². The van der Waals surface area contributed by atoms with Crippen LogP contribution in [0.1, 0.15) is 21.5 Å². The molecule has 0 atom stereocenters. The predicted octanol–water partition coefficient (Wildman–Crippen LogP) is 5.01. The first-order chi connectivity index (χ1) is 14.4. The number of aromatic nitrogens is 2. The monoisotopic (exact) mass is 424 g/mol. The number of fused-ring (bicyclic) bond motifs is 1. The molecule has 6 nitrogen and oxygen atoms in total. The van der Waals surface area contributed by atoms with Crippen LogP contribution < -0.4 is 4.74 Å². The number of pyridine rings is 1. The summed E-state index contributed by atoms with van der Waals surface area (Å²) in [5.74, 6) is -1.04. The Balaban J connectivity index is 1.66. The van der Waals surface area contributed by atoms with Gasteiger partial charge in [-0.15, -0.1) is 0 Å². The number of carboxylic acids is 1. The second kappa shape index (κ2) is 7.96. The van der Waals surface area contributed by atoms with E-state index in [4.69, 9.17) is 21.4 Å². The molecule has 0 saturated heterocycles. The lowest BCUT2D eigenvalue weighted by Crippen LogP contribution is -2.02. The number of aliphatic carboxylic acids is 1. The fraction of sp³-hybridized carbons (Fsp3) is 0.0455. The molecule has 0 unspecified atom stereocenters. The van der Waals surface area contributed by atoms with Crippen LogP contribution >= 0.6 is 11.6 Å². The fourth-order valence-electron chi connectivity index (χ4n) is 3.08. The van der Waals surface area contributed by atoms with Gasteiger partial charge in [0.2, 0.25) is 0 Å². The lowest BCUT2D eigenvalue weighted by molar-refractivity contribution is -0.136. The Morgan fingerprint density at radius 2 is 1.93 bits per heavy atom. The Labute approximate surface area is 174 Å². The zero-order chi connectivity index (χ0) is 21.3. The molecule has 4 aromatic rings. The van der Waals surface area contributed by atoms with E-state index in [1.807, 2.05) is 0 Å². The minimum atomic E-state index is -0.940. The summed E-state index contributed by atoms with van der Waals surface area (Å²) >= 11 is 6.03. The van der Waals surface area contributed by atoms with E-state index in [-0.39, 0.29) is 22.8 Å². The summed E-state index contributed by atoms with van der Waals surface area (Å²) in [6, 6.07) is 11.9. The van der Waals surface area contributed by atoms with Crippen LogP contribution in [0.3, 0.4) is 0 Å². The molecular weight excluding hydrogens is 411 g/mol. The van der Waals surface area contributed by atoms with E-state index >= 15 is 0 Å². The molecule has 0 aliphatic carbocycles. The molecule has 2 aromatic carbocycles. The number of rotatable bonds is 6. The molecule has 0 spiro atoms. The molecule has 0 saturated carbocycles. The lowest BCUT2D eigenvalue weighted by atomic mass is 10.0. The predicted molar refractivity (Wildman–Crippen MR) is 109 cm³/mol. The van der Waals surface area contributed by atoms with Gasteiger partial charge in [0, 0.05) is 22.7 Å². The highest BCUT2D eigenvalue weighted by Crippen LogP contribution is 2.29. The van der Waals surface area contributed by atoms with Crippen molar-refractivity contribution >= 4 is 34.4 Å². The molecule has 0 aliphatic rings. The average Bonchev–Trinajstić information content (AvgIpc) is 3.10. The molecule has 30 heavy (non-hydrogen) atoms. The third-order valence-electron chi connectivity index (χ3n) is 4.42. The summed E-state index contributed by atoms with van der Waals surface area (Å²) in [7, 11) is 0. The van der Waals surface area contributed by atoms with E-state index in [9.17, 15) is 14.0 Å². The van der Waals surface area contributed by atoms with E-state index in [0.717, 1.165) is 6.07 Å². The molecule has 2 aromatic heterocycles. The van der Waals surface area contributed by atoms with Gasteiger partial charge in [0.05, 0.1) is 17.6 Å². The molecule has 8 heteroatoms. The number of carbonyl (C=O) groups excluding carboxylic acids is 1. The van der Waals surface area contributed by atoms with Crippen molar-refractivity contribution in [3.63, 3.8) is 0 Å². The smallest absolute Gasteiger partial charge is 0.307 e. The normalized spacial score (nSPS) is 10.9. The number of ketones is 1. The van der Waals surface area contributed by atoms with Gasteiger partial charge in [-0.25, -0.2) is 9.37 Å². The number of halogens is 2. The minimum Gasteiger partial charge on any atom is -0.481 e. The first kappa shape index (κ1) is 19.6. The van der Waals surface area contributed by atoms with Gasteiger partial charge in [-0.05, 0) is 42.0 Å². The Kier molecular flexibility index (Phi) is 5.20. The number of hydrogen-bond donors (Lipinski definition) is 2. The second-order valence-electron chi connectivity index (χ2n) is 6.54. The summed E-state index contributed by atoms with van der Waals surface area (Å²) in [5, 5.41) is 9.47. The van der Waals surface area contributed by atoms with Gasteiger partial charge in [0.1, 0.15) is 23.0 Å². The van der Waals surface area contributed by atoms with Crippen molar-refractivity contribution in [3.8, 4) is 11.5 Å². The van der Waals surface area contributed by atoms with Crippen LogP contribution in [0.5, 0.6) is 11.5 Å². The SMILES string of the molecule is O=C(O)Cc1cccc(Oc2cnc3[nH]cc(C(=O)c4ccc(F)cc4Cl)c3c2)c1. The maximum absolute atomic E-state index is 13.3. The van der Waals surface area contributed by atoms with Gasteiger partial charge in [0.15, 0.2) is 5.78 Å². The summed E-state index contributed by atoms with van der Waals surface area (Å²) in [4.78, 5) is 31.0. The lowest BCUT2D eigenvalue weighted by Gasteiger charge is -2.07. The van der Waals surface area contributed by atoms with Crippen LogP contribution in [0.2, 0.25) is 5.02 Å². The molecule has 0 amide bonds. The van der Waals surface area contributed by atoms with Gasteiger partial charge in [0.25, 0.3) is 0 Å². The number of nitrogens with zero attached hydrogens (tertiary/aromatic N) is 1. The minimum absolute atomic E-state index is 0.0185. The number of carboxylic acid groups (broad SMARTS) is 1. The van der Waals surface area contributed by atoms with Gasteiger partial charge >= 0.3 is 5.97 Å². The van der Waals surface area contributed by atoms with E-state index < -0.39 is 11.8 Å². The van der Waals surface area contributed by atoms with Crippen LogP contribution in [0.15, 0.2) is 60.9 Å². The number of H-pyrrole nitrogens is 1. The number of hydrogen-bond acceptors (Lipinski definition) is 4. The number of nitrogens with one attached hydrogen (secondary N) is 1. The highest BCUT2D eigenvalue weighted by Gasteiger charge is 2.18. The molecule has 2 N–H and O–H groups in total. The largest absolute Gasteiger partial charge is 0.481 e. The Bertz CT molecular complexity index is 1290. The van der Waals surface area contributed by atoms with Crippen molar-refractivity contribution in [1.29, 1.82) is 0 Å². The zero-order valence-corrected chi connectivity index (χ0v) is 16.1. The quantitative estimate of drug-likeness (QED) is 0.425. The molecule has 0 fully saturated rings. The van der Waals surface area contributed by atoms with Gasteiger partial charge in [-0.3, -0.25) is 9.59 Å². The van der Waals surface area contributed by atoms with Crippen LogP contribution in [-0.2, 0) is 11.2 Å². The molecule has 0 bridgehead atoms. The standard InChI is InChI=1S/C22H14ClFN2O4/c23-19-8-13(24)4-5-16(19)21(29)18-11-26-22-17(18)9-15(10-25-22)30-14-3-1-2-12(6-14)7-20(27)28/h1-6,8-11H,7H2,(H,25,26)(H,27,28). The highest BCUT2D eigenvalue weighted by molar-refractivity contribution is 6.35. The Hall–Kier alpha value is -3.71. The topological polar surface area (TPSA) is 92.3 Å². The molecule has 2 heterocycles. The maximum atomic E-state index is 13.3. The fourth-order valence-corrected chi connectivity index (χ4v) is 3.33. The summed E-state index contributed by atoms with van der Waals surface area (Å²) < 4.78 is 19.1. The van der Waals surface area contributed by atoms with Gasteiger partial charge < -0.3 is 14.8 Å². The third kappa shape index (κ3) is 4.01. The van der Waals surface area contributed by atoms with E-state index in [1.54, 1.807) is 30.3 Å². The molecule has 0 aliphatic heterocycles. The van der Waals surface area contributed by atoms with Crippen molar-refractivity contribution in [1.82, 2.24) is 9.97 Å². The maximum Gasteiger partial charge on any atom is 0.307 e. The van der Waals surface area contributed by atoms with E-state index in [2.05, 4.69) is 9.97 Å². The van der Waals surface area contributed by atoms with Crippen molar-refractivity contribution < 1.29 is 23.8 Å². The van der Waals surface area contributed by atoms with Crippen molar-refractivity contribution in [2.45, 2.75) is 6.42 Å². The van der Waals surface area contributed by atoms with Gasteiger partial charge in [-0.2, -0.15) is 0 Å². The highest BCUT2D eigenvalue weighted by atomic mass is 35.5. The van der Waals surface area contributed by atoms with Crippen LogP contribution in [0.4, 0.5) is 4.39 Å². The van der Waals surface area contributed by atoms with Crippen LogP contribution in [0.25, 0.3) is 11.0 Å². The number of benzene rings is 2. The second-order valence-corrected chi connectivity index (χ2v) is 6.95. The number of ether oxygens (including phenoxy) is 1. The Morgan fingerprint density at radius 1 is 1.10 bits per heavy atom. The van der Waals surface area contributed by atoms with Crippen molar-refractivity contribution in [2.75, 3.05) is 0 Å². The average molecular weight is 425 g/mol. The summed E-state index contributed by atoms with van der Waals surface area (Å²) in [6.45, 7) is 0. The first-order valence-corrected chi connectivity index (χ1v) is 9.24. The first-order valence-electron chi connectivity index (χ1n) is 8.86. The number of aromatic amines is 1. The summed E-state index contributed by atoms with van der Waals surface area (Å²) in [6.07, 6.45) is 2.88. The third-order valence-corrected chi connectivity index (χ3v) is 4.73. The number of carbonyl (C=O) groups is 2. The molecular formula is C22H14ClFN2O4. The van der Waals surface area contributed by atoms with Crippen LogP contribution in [-0.4, -0.2) is 26.8 Å². The summed E-state index contributed by atoms with van der Waals surface area (Å²) in [5.41, 5.74) is 1.56. The van der Waals surface area contributed by atoms with Gasteiger partial charge in [-0.1, -0.05) is 23.7 Å². The zero-order valence-electron chi connectivity index (χ0n) is 15.4. The molecule has 4 rings (SSSR count). The van der Waals surface area contributed by atoms with E-state index in [0.29, 0.717) is 33.7 Å². The van der Waals surface area contributed by atoms with E-state index in [1.165, 1.54) is 24.5 Å². The molecule has 150 valence electrons. The molecule has 0 radical (unpaired) electrons.